The molecule has 1 heterocycles. The van der Waals surface area contributed by atoms with Crippen LogP contribution in [-0.2, 0) is 4.79 Å². The van der Waals surface area contributed by atoms with E-state index >= 15 is 0 Å². The van der Waals surface area contributed by atoms with Crippen molar-refractivity contribution in [3.8, 4) is 0 Å². The van der Waals surface area contributed by atoms with Crippen molar-refractivity contribution >= 4 is 5.91 Å². The van der Waals surface area contributed by atoms with Gasteiger partial charge in [-0.3, -0.25) is 4.79 Å². The summed E-state index contributed by atoms with van der Waals surface area (Å²) in [5.41, 5.74) is 5.78. The third-order valence-corrected chi connectivity index (χ3v) is 5.32. The zero-order valence-electron chi connectivity index (χ0n) is 10.6. The minimum atomic E-state index is 0.249. The van der Waals surface area contributed by atoms with Gasteiger partial charge in [-0.1, -0.05) is 12.8 Å². The van der Waals surface area contributed by atoms with Crippen molar-refractivity contribution in [2.24, 2.45) is 29.4 Å². The molecule has 3 nitrogen and oxygen atoms in total. The minimum Gasteiger partial charge on any atom is -0.342 e. The van der Waals surface area contributed by atoms with Crippen LogP contribution in [0.4, 0.5) is 0 Å². The van der Waals surface area contributed by atoms with E-state index in [1.165, 1.54) is 25.7 Å². The molecule has 0 aromatic carbocycles. The number of fused-ring (bicyclic) bond motifs is 1. The van der Waals surface area contributed by atoms with Crippen molar-refractivity contribution in [1.29, 1.82) is 0 Å². The van der Waals surface area contributed by atoms with Crippen LogP contribution in [0.2, 0.25) is 0 Å². The van der Waals surface area contributed by atoms with Gasteiger partial charge in [0.1, 0.15) is 0 Å². The van der Waals surface area contributed by atoms with Crippen LogP contribution in [0.25, 0.3) is 0 Å². The lowest BCUT2D eigenvalue weighted by Gasteiger charge is -2.24. The molecular weight excluding hydrogens is 212 g/mol. The third-order valence-electron chi connectivity index (χ3n) is 5.32. The second-order valence-corrected chi connectivity index (χ2v) is 6.23. The van der Waals surface area contributed by atoms with Gasteiger partial charge >= 0.3 is 0 Å². The molecule has 3 fully saturated rings. The first-order valence-corrected chi connectivity index (χ1v) is 7.28. The fourth-order valence-corrected chi connectivity index (χ4v) is 4.29. The Morgan fingerprint density at radius 2 is 1.71 bits per heavy atom. The standard InChI is InChI=1S/C14H24N2O/c15-7-10-3-2-6-13(10)14(17)16-8-11-4-1-5-12(11)9-16/h10-13H,1-9,15H2/t10-,11?,12?,13-/m1/s1. The Labute approximate surface area is 104 Å². The minimum absolute atomic E-state index is 0.249. The van der Waals surface area contributed by atoms with Crippen LogP contribution < -0.4 is 5.73 Å². The van der Waals surface area contributed by atoms with Crippen LogP contribution in [0.15, 0.2) is 0 Å². The van der Waals surface area contributed by atoms with E-state index in [-0.39, 0.29) is 5.92 Å². The van der Waals surface area contributed by atoms with Gasteiger partial charge in [0.05, 0.1) is 0 Å². The van der Waals surface area contributed by atoms with Crippen molar-refractivity contribution in [3.63, 3.8) is 0 Å². The Hall–Kier alpha value is -0.570. The Kier molecular flexibility index (Phi) is 3.12. The number of amides is 1. The number of nitrogens with two attached hydrogens (primary N) is 1. The molecule has 0 aromatic heterocycles. The van der Waals surface area contributed by atoms with Gasteiger partial charge in [0, 0.05) is 19.0 Å². The van der Waals surface area contributed by atoms with Gasteiger partial charge in [0.25, 0.3) is 0 Å². The van der Waals surface area contributed by atoms with Gasteiger partial charge in [-0.25, -0.2) is 0 Å². The molecule has 0 radical (unpaired) electrons. The van der Waals surface area contributed by atoms with Gasteiger partial charge in [-0.2, -0.15) is 0 Å². The van der Waals surface area contributed by atoms with Crippen molar-refractivity contribution < 1.29 is 4.79 Å². The molecule has 2 N–H and O–H groups in total. The van der Waals surface area contributed by atoms with E-state index in [4.69, 9.17) is 5.73 Å². The van der Waals surface area contributed by atoms with E-state index in [2.05, 4.69) is 4.90 Å². The molecule has 2 saturated carbocycles. The lowest BCUT2D eigenvalue weighted by molar-refractivity contribution is -0.135. The molecule has 2 aliphatic carbocycles. The molecule has 96 valence electrons. The average Bonchev–Trinajstić information content (AvgIpc) is 3.02. The monoisotopic (exact) mass is 236 g/mol. The quantitative estimate of drug-likeness (QED) is 0.792. The van der Waals surface area contributed by atoms with Gasteiger partial charge in [-0.05, 0) is 50.0 Å². The predicted molar refractivity (Wildman–Crippen MR) is 67.3 cm³/mol. The largest absolute Gasteiger partial charge is 0.342 e. The summed E-state index contributed by atoms with van der Waals surface area (Å²) in [6, 6.07) is 0. The zero-order valence-corrected chi connectivity index (χ0v) is 10.6. The normalized spacial score (nSPS) is 40.9. The molecule has 3 rings (SSSR count). The van der Waals surface area contributed by atoms with Crippen LogP contribution in [0, 0.1) is 23.7 Å². The Morgan fingerprint density at radius 1 is 1.06 bits per heavy atom. The van der Waals surface area contributed by atoms with Crippen molar-refractivity contribution in [2.75, 3.05) is 19.6 Å². The van der Waals surface area contributed by atoms with E-state index in [1.807, 2.05) is 0 Å². The third kappa shape index (κ3) is 1.99. The maximum absolute atomic E-state index is 12.5. The van der Waals surface area contributed by atoms with E-state index in [9.17, 15) is 4.79 Å². The molecule has 0 spiro atoms. The molecule has 1 amide bonds. The number of rotatable bonds is 2. The molecular formula is C14H24N2O. The molecule has 3 aliphatic rings. The Balaban J connectivity index is 1.63. The smallest absolute Gasteiger partial charge is 0.226 e. The van der Waals surface area contributed by atoms with E-state index in [1.54, 1.807) is 0 Å². The van der Waals surface area contributed by atoms with Crippen molar-refractivity contribution in [3.05, 3.63) is 0 Å². The maximum Gasteiger partial charge on any atom is 0.226 e. The second-order valence-electron chi connectivity index (χ2n) is 6.23. The molecule has 3 heteroatoms. The number of hydrogen-bond donors (Lipinski definition) is 1. The number of carbonyl (C=O) groups is 1. The first kappa shape index (κ1) is 11.5. The molecule has 0 bridgehead atoms. The van der Waals surface area contributed by atoms with Crippen LogP contribution in [0.3, 0.4) is 0 Å². The van der Waals surface area contributed by atoms with Crippen LogP contribution in [-0.4, -0.2) is 30.4 Å². The molecule has 1 aliphatic heterocycles. The fourth-order valence-electron chi connectivity index (χ4n) is 4.29. The molecule has 17 heavy (non-hydrogen) atoms. The van der Waals surface area contributed by atoms with Gasteiger partial charge in [-0.15, -0.1) is 0 Å². The summed E-state index contributed by atoms with van der Waals surface area (Å²) in [7, 11) is 0. The highest BCUT2D eigenvalue weighted by Crippen LogP contribution is 2.40. The van der Waals surface area contributed by atoms with Crippen LogP contribution >= 0.6 is 0 Å². The molecule has 1 saturated heterocycles. The maximum atomic E-state index is 12.5. The van der Waals surface area contributed by atoms with E-state index in [0.717, 1.165) is 37.8 Å². The van der Waals surface area contributed by atoms with Crippen molar-refractivity contribution in [1.82, 2.24) is 4.90 Å². The molecule has 0 aromatic rings. The summed E-state index contributed by atoms with van der Waals surface area (Å²) in [5.74, 6) is 2.77. The highest BCUT2D eigenvalue weighted by molar-refractivity contribution is 5.79. The summed E-state index contributed by atoms with van der Waals surface area (Å²) in [6.07, 6.45) is 7.50. The first-order chi connectivity index (χ1) is 8.29. The van der Waals surface area contributed by atoms with Gasteiger partial charge in [0.15, 0.2) is 0 Å². The number of hydrogen-bond acceptors (Lipinski definition) is 2. The Morgan fingerprint density at radius 3 is 2.35 bits per heavy atom. The summed E-state index contributed by atoms with van der Waals surface area (Å²) < 4.78 is 0. The van der Waals surface area contributed by atoms with Gasteiger partial charge in [0.2, 0.25) is 5.91 Å². The molecule has 2 unspecified atom stereocenters. The van der Waals surface area contributed by atoms with Gasteiger partial charge < -0.3 is 10.6 Å². The SMILES string of the molecule is NC[C@H]1CCC[C@H]1C(=O)N1CC2CCCC2C1. The van der Waals surface area contributed by atoms with Crippen molar-refractivity contribution in [2.45, 2.75) is 38.5 Å². The summed E-state index contributed by atoms with van der Waals surface area (Å²) >= 11 is 0. The number of nitrogens with zero attached hydrogens (tertiary/aromatic N) is 1. The summed E-state index contributed by atoms with van der Waals surface area (Å²) in [6.45, 7) is 2.77. The predicted octanol–water partition coefficient (Wildman–Crippen LogP) is 1.62. The number of carbonyl (C=O) groups excluding carboxylic acids is 1. The van der Waals surface area contributed by atoms with Crippen LogP contribution in [0.5, 0.6) is 0 Å². The van der Waals surface area contributed by atoms with E-state index in [0.29, 0.717) is 18.4 Å². The van der Waals surface area contributed by atoms with Crippen LogP contribution in [0.1, 0.15) is 38.5 Å². The lowest BCUT2D eigenvalue weighted by Crippen LogP contribution is -2.38. The highest BCUT2D eigenvalue weighted by Gasteiger charge is 2.42. The zero-order chi connectivity index (χ0) is 11.8. The molecule has 4 atom stereocenters. The first-order valence-electron chi connectivity index (χ1n) is 7.28. The lowest BCUT2D eigenvalue weighted by atomic mass is 9.95. The summed E-state index contributed by atoms with van der Waals surface area (Å²) in [4.78, 5) is 14.7. The van der Waals surface area contributed by atoms with E-state index < -0.39 is 0 Å². The second kappa shape index (κ2) is 4.60. The average molecular weight is 236 g/mol. The Bertz CT molecular complexity index is 293. The topological polar surface area (TPSA) is 46.3 Å². The number of likely N-dealkylation sites (tertiary alicyclic amines) is 1. The highest BCUT2D eigenvalue weighted by atomic mass is 16.2. The summed E-state index contributed by atoms with van der Waals surface area (Å²) in [5, 5.41) is 0. The fraction of sp³-hybridized carbons (Fsp3) is 0.929.